The van der Waals surface area contributed by atoms with Gasteiger partial charge < -0.3 is 14.4 Å². The number of hydrogen-bond acceptors (Lipinski definition) is 6. The van der Waals surface area contributed by atoms with Crippen LogP contribution in [-0.4, -0.2) is 75.1 Å². The second-order valence-corrected chi connectivity index (χ2v) is 9.70. The number of benzene rings is 1. The molecule has 1 aromatic rings. The fourth-order valence-corrected chi connectivity index (χ4v) is 5.77. The van der Waals surface area contributed by atoms with Crippen molar-refractivity contribution in [2.45, 2.75) is 31.4 Å². The fourth-order valence-electron chi connectivity index (χ4n) is 4.04. The van der Waals surface area contributed by atoms with Gasteiger partial charge >= 0.3 is 0 Å². The van der Waals surface area contributed by atoms with E-state index in [2.05, 4.69) is 0 Å². The van der Waals surface area contributed by atoms with Crippen molar-refractivity contribution in [1.29, 1.82) is 0 Å². The summed E-state index contributed by atoms with van der Waals surface area (Å²) >= 11 is 0. The first-order chi connectivity index (χ1) is 13.4. The maximum absolute atomic E-state index is 13.2. The summed E-state index contributed by atoms with van der Waals surface area (Å²) in [5, 5.41) is 0. The van der Waals surface area contributed by atoms with Crippen LogP contribution < -0.4 is 9.64 Å². The molecular weight excluding hydrogens is 384 g/mol. The highest BCUT2D eigenvalue weighted by Gasteiger charge is 2.38. The predicted octanol–water partition coefficient (Wildman–Crippen LogP) is 0.607. The molecule has 8 nitrogen and oxygen atoms in total. The molecule has 3 aliphatic heterocycles. The number of amides is 2. The molecule has 152 valence electrons. The standard InChI is InChI=1S/C19H24N2O6S/c22-18(11-21-16-5-1-2-6-17(16)27-12-19(21)23)20(10-15-4-3-8-26-15)14-7-9-28(24,25)13-14/h1-2,5-6,14-15H,3-4,7-13H2/t14-,15+/m0/s1. The first-order valence-electron chi connectivity index (χ1n) is 9.57. The van der Waals surface area contributed by atoms with Crippen LogP contribution in [0.25, 0.3) is 0 Å². The summed E-state index contributed by atoms with van der Waals surface area (Å²) in [5.41, 5.74) is 0.559. The summed E-state index contributed by atoms with van der Waals surface area (Å²) in [6.45, 7) is 0.764. The third-order valence-corrected chi connectivity index (χ3v) is 7.25. The molecule has 0 saturated carbocycles. The number of carbonyl (C=O) groups excluding carboxylic acids is 2. The highest BCUT2D eigenvalue weighted by molar-refractivity contribution is 7.91. The van der Waals surface area contributed by atoms with E-state index in [1.807, 2.05) is 6.07 Å². The molecule has 0 unspecified atom stereocenters. The number of para-hydroxylation sites is 2. The van der Waals surface area contributed by atoms with Crippen molar-refractivity contribution in [3.63, 3.8) is 0 Å². The summed E-state index contributed by atoms with van der Waals surface area (Å²) in [6.07, 6.45) is 2.13. The molecule has 2 fully saturated rings. The van der Waals surface area contributed by atoms with Crippen molar-refractivity contribution in [2.24, 2.45) is 0 Å². The third kappa shape index (κ3) is 4.00. The van der Waals surface area contributed by atoms with Crippen molar-refractivity contribution < 1.29 is 27.5 Å². The predicted molar refractivity (Wildman–Crippen MR) is 102 cm³/mol. The van der Waals surface area contributed by atoms with Gasteiger partial charge in [-0.1, -0.05) is 12.1 Å². The summed E-state index contributed by atoms with van der Waals surface area (Å²) < 4.78 is 35.0. The minimum atomic E-state index is -3.14. The Morgan fingerprint density at radius 3 is 2.79 bits per heavy atom. The molecule has 1 aromatic carbocycles. The van der Waals surface area contributed by atoms with Crippen LogP contribution in [0.4, 0.5) is 5.69 Å². The molecule has 0 aliphatic carbocycles. The zero-order chi connectivity index (χ0) is 19.7. The molecular formula is C19H24N2O6S. The molecule has 3 heterocycles. The third-order valence-electron chi connectivity index (χ3n) is 5.50. The van der Waals surface area contributed by atoms with Crippen LogP contribution in [0.2, 0.25) is 0 Å². The van der Waals surface area contributed by atoms with E-state index in [0.29, 0.717) is 31.0 Å². The van der Waals surface area contributed by atoms with Gasteiger partial charge in [0.25, 0.3) is 5.91 Å². The number of fused-ring (bicyclic) bond motifs is 1. The molecule has 0 N–H and O–H groups in total. The number of ether oxygens (including phenoxy) is 2. The van der Waals surface area contributed by atoms with Gasteiger partial charge in [0.2, 0.25) is 5.91 Å². The van der Waals surface area contributed by atoms with Crippen molar-refractivity contribution in [3.8, 4) is 5.75 Å². The highest BCUT2D eigenvalue weighted by Crippen LogP contribution is 2.31. The quantitative estimate of drug-likeness (QED) is 0.709. The van der Waals surface area contributed by atoms with Gasteiger partial charge in [-0.25, -0.2) is 8.42 Å². The lowest BCUT2D eigenvalue weighted by molar-refractivity contribution is -0.135. The van der Waals surface area contributed by atoms with Crippen molar-refractivity contribution in [3.05, 3.63) is 24.3 Å². The fraction of sp³-hybridized carbons (Fsp3) is 0.579. The topological polar surface area (TPSA) is 93.2 Å². The van der Waals surface area contributed by atoms with Gasteiger partial charge in [-0.3, -0.25) is 14.5 Å². The normalized spacial score (nSPS) is 26.0. The Morgan fingerprint density at radius 1 is 1.25 bits per heavy atom. The monoisotopic (exact) mass is 408 g/mol. The Bertz CT molecular complexity index is 865. The maximum Gasteiger partial charge on any atom is 0.265 e. The minimum Gasteiger partial charge on any atom is -0.482 e. The Hall–Kier alpha value is -2.13. The van der Waals surface area contributed by atoms with E-state index in [9.17, 15) is 18.0 Å². The summed E-state index contributed by atoms with van der Waals surface area (Å²) in [6, 6.07) is 6.72. The first-order valence-corrected chi connectivity index (χ1v) is 11.4. The Balaban J connectivity index is 1.54. The SMILES string of the molecule is O=C1COc2ccccc2N1CC(=O)N(C[C@H]1CCCO1)[C@H]1CCS(=O)(=O)C1. The van der Waals surface area contributed by atoms with Gasteiger partial charge in [-0.2, -0.15) is 0 Å². The number of rotatable bonds is 5. The van der Waals surface area contributed by atoms with Crippen LogP contribution in [0.1, 0.15) is 19.3 Å². The molecule has 28 heavy (non-hydrogen) atoms. The molecule has 0 aromatic heterocycles. The number of carbonyl (C=O) groups is 2. The summed E-state index contributed by atoms with van der Waals surface area (Å²) in [7, 11) is -3.14. The average molecular weight is 408 g/mol. The summed E-state index contributed by atoms with van der Waals surface area (Å²) in [4.78, 5) is 28.6. The van der Waals surface area contributed by atoms with E-state index >= 15 is 0 Å². The molecule has 2 amide bonds. The Kier molecular flexibility index (Phi) is 5.29. The second kappa shape index (κ2) is 7.71. The van der Waals surface area contributed by atoms with E-state index in [0.717, 1.165) is 12.8 Å². The first kappa shape index (κ1) is 19.2. The van der Waals surface area contributed by atoms with Crippen LogP contribution in [0, 0.1) is 0 Å². The van der Waals surface area contributed by atoms with E-state index in [1.165, 1.54) is 4.90 Å². The second-order valence-electron chi connectivity index (χ2n) is 7.47. The molecule has 9 heteroatoms. The molecule has 0 bridgehead atoms. The number of nitrogens with zero attached hydrogens (tertiary/aromatic N) is 2. The van der Waals surface area contributed by atoms with E-state index in [-0.39, 0.29) is 48.6 Å². The van der Waals surface area contributed by atoms with Crippen LogP contribution in [-0.2, 0) is 24.2 Å². The summed E-state index contributed by atoms with van der Waals surface area (Å²) in [5.74, 6) is 0.0700. The minimum absolute atomic E-state index is 0.0287. The highest BCUT2D eigenvalue weighted by atomic mass is 32.2. The van der Waals surface area contributed by atoms with Crippen LogP contribution in [0.3, 0.4) is 0 Å². The zero-order valence-electron chi connectivity index (χ0n) is 15.6. The van der Waals surface area contributed by atoms with Gasteiger partial charge in [0.15, 0.2) is 16.4 Å². The van der Waals surface area contributed by atoms with E-state index in [1.54, 1.807) is 23.1 Å². The van der Waals surface area contributed by atoms with Crippen molar-refractivity contribution in [2.75, 3.05) is 42.7 Å². The van der Waals surface area contributed by atoms with Crippen LogP contribution >= 0.6 is 0 Å². The number of sulfone groups is 1. The largest absolute Gasteiger partial charge is 0.482 e. The van der Waals surface area contributed by atoms with E-state index in [4.69, 9.17) is 9.47 Å². The van der Waals surface area contributed by atoms with Gasteiger partial charge in [-0.15, -0.1) is 0 Å². The van der Waals surface area contributed by atoms with Crippen LogP contribution in [0.5, 0.6) is 5.75 Å². The van der Waals surface area contributed by atoms with Gasteiger partial charge in [0, 0.05) is 19.2 Å². The Labute approximate surface area is 164 Å². The maximum atomic E-state index is 13.2. The van der Waals surface area contributed by atoms with Crippen molar-refractivity contribution in [1.82, 2.24) is 4.90 Å². The number of anilines is 1. The van der Waals surface area contributed by atoms with Gasteiger partial charge in [0.05, 0.1) is 23.3 Å². The van der Waals surface area contributed by atoms with Gasteiger partial charge in [-0.05, 0) is 31.4 Å². The van der Waals surface area contributed by atoms with E-state index < -0.39 is 9.84 Å². The lowest BCUT2D eigenvalue weighted by Gasteiger charge is -2.34. The molecule has 0 spiro atoms. The number of hydrogen-bond donors (Lipinski definition) is 0. The lowest BCUT2D eigenvalue weighted by atomic mass is 10.1. The molecule has 4 rings (SSSR count). The Morgan fingerprint density at radius 2 is 2.07 bits per heavy atom. The van der Waals surface area contributed by atoms with Crippen LogP contribution in [0.15, 0.2) is 24.3 Å². The molecule has 2 saturated heterocycles. The average Bonchev–Trinajstić information content (AvgIpc) is 3.31. The molecule has 0 radical (unpaired) electrons. The molecule has 2 atom stereocenters. The lowest BCUT2D eigenvalue weighted by Crippen LogP contribution is -2.51. The van der Waals surface area contributed by atoms with Crippen molar-refractivity contribution >= 4 is 27.3 Å². The molecule has 3 aliphatic rings. The zero-order valence-corrected chi connectivity index (χ0v) is 16.4. The smallest absolute Gasteiger partial charge is 0.265 e. The van der Waals surface area contributed by atoms with Gasteiger partial charge in [0.1, 0.15) is 12.3 Å².